The average Bonchev–Trinajstić information content (AvgIpc) is 3.31. The fourth-order valence-electron chi connectivity index (χ4n) is 4.30. The number of fused-ring (bicyclic) bond motifs is 1. The van der Waals surface area contributed by atoms with Gasteiger partial charge >= 0.3 is 5.97 Å². The number of ether oxygens (including phenoxy) is 3. The smallest absolute Gasteiger partial charge is 0.303 e. The number of pyridine rings is 2. The number of nitrogens with zero attached hydrogens (tertiary/aromatic N) is 2. The topological polar surface area (TPSA) is 90.8 Å². The van der Waals surface area contributed by atoms with E-state index in [9.17, 15) is 9.90 Å². The minimum Gasteiger partial charge on any atom is -0.490 e. The Balaban J connectivity index is 1.49. The Morgan fingerprint density at radius 3 is 2.65 bits per heavy atom. The Morgan fingerprint density at radius 1 is 1.05 bits per heavy atom. The zero-order valence-corrected chi connectivity index (χ0v) is 22.2. The summed E-state index contributed by atoms with van der Waals surface area (Å²) < 4.78 is 18.0. The molecular weight excluding hydrogens is 488 g/mol. The van der Waals surface area contributed by atoms with E-state index in [4.69, 9.17) is 14.2 Å². The van der Waals surface area contributed by atoms with E-state index in [1.807, 2.05) is 25.1 Å². The van der Waals surface area contributed by atoms with Crippen molar-refractivity contribution < 1.29 is 24.1 Å². The molecule has 8 heteroatoms. The van der Waals surface area contributed by atoms with Crippen molar-refractivity contribution in [3.63, 3.8) is 0 Å². The highest BCUT2D eigenvalue weighted by molar-refractivity contribution is 7.17. The lowest BCUT2D eigenvalue weighted by molar-refractivity contribution is -0.137. The number of aliphatic carboxylic acids is 1. The summed E-state index contributed by atoms with van der Waals surface area (Å²) in [6.07, 6.45) is 5.32. The Kier molecular flexibility index (Phi) is 9.09. The van der Waals surface area contributed by atoms with Crippen molar-refractivity contribution in [2.24, 2.45) is 0 Å². The first-order chi connectivity index (χ1) is 18.0. The van der Waals surface area contributed by atoms with E-state index in [0.717, 1.165) is 51.9 Å². The van der Waals surface area contributed by atoms with Crippen LogP contribution in [0.3, 0.4) is 0 Å². The number of methoxy groups -OCH3 is 1. The first-order valence-corrected chi connectivity index (χ1v) is 13.3. The average molecular weight is 521 g/mol. The summed E-state index contributed by atoms with van der Waals surface area (Å²) in [5.41, 5.74) is 5.06. The zero-order chi connectivity index (χ0) is 26.2. The largest absolute Gasteiger partial charge is 0.490 e. The summed E-state index contributed by atoms with van der Waals surface area (Å²) in [7, 11) is 1.65. The summed E-state index contributed by atoms with van der Waals surface area (Å²) in [4.78, 5) is 20.2. The molecule has 194 valence electrons. The van der Waals surface area contributed by atoms with Crippen LogP contribution in [-0.2, 0) is 16.1 Å². The van der Waals surface area contributed by atoms with Gasteiger partial charge in [0, 0.05) is 46.3 Å². The molecule has 0 aliphatic heterocycles. The maximum atomic E-state index is 11.2. The second-order valence-corrected chi connectivity index (χ2v) is 9.84. The van der Waals surface area contributed by atoms with Crippen molar-refractivity contribution in [2.75, 3.05) is 20.3 Å². The molecule has 0 unspecified atom stereocenters. The number of aromatic nitrogens is 2. The summed E-state index contributed by atoms with van der Waals surface area (Å²) >= 11 is 1.70. The van der Waals surface area contributed by atoms with Gasteiger partial charge in [-0.05, 0) is 54.0 Å². The Hall–Kier alpha value is -3.49. The molecule has 0 aliphatic rings. The zero-order valence-electron chi connectivity index (χ0n) is 21.4. The van der Waals surface area contributed by atoms with Crippen LogP contribution >= 0.6 is 11.3 Å². The second-order valence-electron chi connectivity index (χ2n) is 8.93. The van der Waals surface area contributed by atoms with Crippen LogP contribution in [0.1, 0.15) is 48.9 Å². The van der Waals surface area contributed by atoms with Crippen LogP contribution in [0.25, 0.3) is 21.2 Å². The number of benzene rings is 1. The minimum atomic E-state index is -0.793. The van der Waals surface area contributed by atoms with Crippen LogP contribution in [-0.4, -0.2) is 41.4 Å². The highest BCUT2D eigenvalue weighted by Crippen LogP contribution is 2.37. The van der Waals surface area contributed by atoms with Crippen LogP contribution in [0, 0.1) is 6.92 Å². The molecule has 0 saturated heterocycles. The van der Waals surface area contributed by atoms with Crippen molar-refractivity contribution in [3.05, 3.63) is 71.0 Å². The molecule has 0 bridgehead atoms. The molecule has 1 N–H and O–H groups in total. The van der Waals surface area contributed by atoms with E-state index in [1.54, 1.807) is 30.8 Å². The van der Waals surface area contributed by atoms with Crippen LogP contribution in [0.4, 0.5) is 0 Å². The Bertz CT molecular complexity index is 1340. The molecule has 0 radical (unpaired) electrons. The van der Waals surface area contributed by atoms with Gasteiger partial charge in [-0.3, -0.25) is 9.78 Å². The van der Waals surface area contributed by atoms with E-state index in [-0.39, 0.29) is 12.3 Å². The fraction of sp³-hybridized carbons (Fsp3) is 0.345. The monoisotopic (exact) mass is 520 g/mol. The molecular formula is C29H32N2O5S. The van der Waals surface area contributed by atoms with Gasteiger partial charge < -0.3 is 19.3 Å². The summed E-state index contributed by atoms with van der Waals surface area (Å²) in [6.45, 7) is 5.43. The van der Waals surface area contributed by atoms with Gasteiger partial charge in [-0.15, -0.1) is 11.3 Å². The van der Waals surface area contributed by atoms with Crippen LogP contribution in [0.15, 0.2) is 54.2 Å². The maximum absolute atomic E-state index is 11.2. The van der Waals surface area contributed by atoms with Crippen LogP contribution in [0.2, 0.25) is 0 Å². The third kappa shape index (κ3) is 6.84. The third-order valence-corrected chi connectivity index (χ3v) is 7.19. The van der Waals surface area contributed by atoms with Gasteiger partial charge in [-0.2, -0.15) is 0 Å². The number of aryl methyl sites for hydroxylation is 1. The molecule has 4 aromatic rings. The maximum Gasteiger partial charge on any atom is 0.303 e. The lowest BCUT2D eigenvalue weighted by Gasteiger charge is -2.14. The van der Waals surface area contributed by atoms with E-state index < -0.39 is 5.97 Å². The molecule has 3 aromatic heterocycles. The number of carbonyl (C=O) groups is 1. The summed E-state index contributed by atoms with van der Waals surface area (Å²) in [6, 6.07) is 12.1. The molecule has 1 aromatic carbocycles. The number of carboxylic acid groups (broad SMARTS) is 1. The minimum absolute atomic E-state index is 0.0368. The first kappa shape index (κ1) is 26.6. The van der Waals surface area contributed by atoms with Gasteiger partial charge in [0.2, 0.25) is 5.88 Å². The lowest BCUT2D eigenvalue weighted by Crippen LogP contribution is -2.07. The molecule has 0 amide bonds. The van der Waals surface area contributed by atoms with Crippen LogP contribution in [0.5, 0.6) is 11.6 Å². The predicted molar refractivity (Wildman–Crippen MR) is 146 cm³/mol. The number of rotatable bonds is 13. The molecule has 3 heterocycles. The van der Waals surface area contributed by atoms with Gasteiger partial charge in [0.05, 0.1) is 19.2 Å². The van der Waals surface area contributed by atoms with Crippen molar-refractivity contribution in [1.82, 2.24) is 9.97 Å². The van der Waals surface area contributed by atoms with Crippen molar-refractivity contribution in [1.29, 1.82) is 0 Å². The van der Waals surface area contributed by atoms with E-state index in [0.29, 0.717) is 25.7 Å². The SMILES string of the molecule is CCC[C@@H](CC(=O)O)c1ccc(OCc2ccc3scc(-c4cc(OCCOC)cnc4C)c3c2)nc1. The first-order valence-electron chi connectivity index (χ1n) is 12.4. The molecule has 4 rings (SSSR count). The van der Waals surface area contributed by atoms with Gasteiger partial charge in [0.15, 0.2) is 0 Å². The van der Waals surface area contributed by atoms with Gasteiger partial charge in [0.25, 0.3) is 0 Å². The molecule has 1 atom stereocenters. The van der Waals surface area contributed by atoms with Gasteiger partial charge in [-0.25, -0.2) is 4.98 Å². The summed E-state index contributed by atoms with van der Waals surface area (Å²) in [5.74, 6) is 0.403. The van der Waals surface area contributed by atoms with E-state index in [1.165, 1.54) is 4.70 Å². The van der Waals surface area contributed by atoms with Crippen LogP contribution < -0.4 is 9.47 Å². The molecule has 37 heavy (non-hydrogen) atoms. The molecule has 0 spiro atoms. The number of carboxylic acids is 1. The predicted octanol–water partition coefficient (Wildman–Crippen LogP) is 6.63. The molecule has 0 aliphatic carbocycles. The quantitative estimate of drug-likeness (QED) is 0.198. The van der Waals surface area contributed by atoms with E-state index in [2.05, 4.69) is 40.5 Å². The molecule has 0 fully saturated rings. The number of thiophene rings is 1. The fourth-order valence-corrected chi connectivity index (χ4v) is 5.25. The molecule has 7 nitrogen and oxygen atoms in total. The van der Waals surface area contributed by atoms with Crippen molar-refractivity contribution >= 4 is 27.4 Å². The molecule has 0 saturated carbocycles. The number of hydrogen-bond donors (Lipinski definition) is 1. The van der Waals surface area contributed by atoms with Gasteiger partial charge in [-0.1, -0.05) is 25.5 Å². The highest BCUT2D eigenvalue weighted by Gasteiger charge is 2.16. The Labute approximate surface area is 221 Å². The standard InChI is InChI=1S/C29H32N2O5S/c1-4-5-21(13-29(32)33)22-7-9-28(31-15-22)36-17-20-6-8-27-25(12-20)26(18-37-27)24-14-23(16-30-19(24)2)35-11-10-34-3/h6-9,12,14-16,18,21H,4-5,10-11,13,17H2,1-3H3,(H,32,33)/t21-/m0/s1. The third-order valence-electron chi connectivity index (χ3n) is 6.22. The summed E-state index contributed by atoms with van der Waals surface area (Å²) in [5, 5.41) is 12.5. The van der Waals surface area contributed by atoms with Gasteiger partial charge in [0.1, 0.15) is 19.0 Å². The van der Waals surface area contributed by atoms with Crippen molar-refractivity contribution in [2.45, 2.75) is 45.6 Å². The second kappa shape index (κ2) is 12.7. The van der Waals surface area contributed by atoms with Crippen molar-refractivity contribution in [3.8, 4) is 22.8 Å². The Morgan fingerprint density at radius 2 is 1.92 bits per heavy atom. The number of hydrogen-bond acceptors (Lipinski definition) is 7. The lowest BCUT2D eigenvalue weighted by atomic mass is 9.93. The highest BCUT2D eigenvalue weighted by atomic mass is 32.1. The van der Waals surface area contributed by atoms with E-state index >= 15 is 0 Å². The normalized spacial score (nSPS) is 12.0.